The molecule has 57 heavy (non-hydrogen) atoms. The van der Waals surface area contributed by atoms with Crippen molar-refractivity contribution < 1.29 is 0 Å². The van der Waals surface area contributed by atoms with Gasteiger partial charge < -0.3 is 0 Å². The van der Waals surface area contributed by atoms with E-state index in [0.29, 0.717) is 0 Å². The molecule has 0 aliphatic heterocycles. The smallest absolute Gasteiger partial charge is 0.0159 e. The van der Waals surface area contributed by atoms with E-state index in [-0.39, 0.29) is 5.41 Å². The fraction of sp³-hybridized carbons (Fsp3) is 0.0526. The van der Waals surface area contributed by atoms with Crippen molar-refractivity contribution in [2.75, 3.05) is 0 Å². The van der Waals surface area contributed by atoms with E-state index in [0.717, 1.165) is 0 Å². The minimum Gasteiger partial charge on any atom is -0.0619 e. The summed E-state index contributed by atoms with van der Waals surface area (Å²) in [5.41, 5.74) is 13.0. The van der Waals surface area contributed by atoms with Crippen LogP contribution in [-0.4, -0.2) is 0 Å². The summed E-state index contributed by atoms with van der Waals surface area (Å²) in [7, 11) is 0. The van der Waals surface area contributed by atoms with Crippen LogP contribution in [0.15, 0.2) is 194 Å². The molecule has 266 valence electrons. The molecule has 0 spiro atoms. The third kappa shape index (κ3) is 4.81. The highest BCUT2D eigenvalue weighted by Crippen LogP contribution is 2.50. The van der Waals surface area contributed by atoms with Gasteiger partial charge in [0.25, 0.3) is 0 Å². The first-order valence-electron chi connectivity index (χ1n) is 20.1. The molecule has 1 aliphatic rings. The number of rotatable bonds is 3. The second-order valence-electron chi connectivity index (χ2n) is 16.5. The van der Waals surface area contributed by atoms with E-state index < -0.39 is 0 Å². The summed E-state index contributed by atoms with van der Waals surface area (Å²) in [5.74, 6) is 0. The second-order valence-corrected chi connectivity index (χ2v) is 16.5. The molecule has 0 heterocycles. The van der Waals surface area contributed by atoms with Crippen molar-refractivity contribution in [2.24, 2.45) is 0 Å². The molecule has 12 rings (SSSR count). The Labute approximate surface area is 332 Å². The predicted octanol–water partition coefficient (Wildman–Crippen LogP) is 15.9. The first kappa shape index (κ1) is 32.2. The van der Waals surface area contributed by atoms with Gasteiger partial charge in [0.2, 0.25) is 0 Å². The third-order valence-corrected chi connectivity index (χ3v) is 13.0. The molecule has 0 amide bonds. The van der Waals surface area contributed by atoms with Gasteiger partial charge >= 0.3 is 0 Å². The molecular weight excluding hydrogens is 685 g/mol. The molecule has 0 radical (unpaired) electrons. The first-order chi connectivity index (χ1) is 28.0. The summed E-state index contributed by atoms with van der Waals surface area (Å²) in [6.07, 6.45) is 0. The third-order valence-electron chi connectivity index (χ3n) is 13.0. The molecule has 11 aromatic carbocycles. The topological polar surface area (TPSA) is 0 Å². The maximum atomic E-state index is 2.44. The van der Waals surface area contributed by atoms with Crippen LogP contribution in [0.1, 0.15) is 25.0 Å². The van der Waals surface area contributed by atoms with E-state index in [4.69, 9.17) is 0 Å². The van der Waals surface area contributed by atoms with Crippen LogP contribution in [0.5, 0.6) is 0 Å². The van der Waals surface area contributed by atoms with E-state index in [9.17, 15) is 0 Å². The van der Waals surface area contributed by atoms with Crippen LogP contribution < -0.4 is 0 Å². The zero-order valence-corrected chi connectivity index (χ0v) is 32.0. The number of hydrogen-bond acceptors (Lipinski definition) is 0. The van der Waals surface area contributed by atoms with Crippen molar-refractivity contribution in [1.82, 2.24) is 0 Å². The molecule has 0 heteroatoms. The highest BCUT2D eigenvalue weighted by molar-refractivity contribution is 6.33. The van der Waals surface area contributed by atoms with Crippen molar-refractivity contribution >= 4 is 64.6 Å². The van der Waals surface area contributed by atoms with Crippen molar-refractivity contribution in [3.8, 4) is 44.5 Å². The van der Waals surface area contributed by atoms with Gasteiger partial charge in [-0.25, -0.2) is 0 Å². The lowest BCUT2D eigenvalue weighted by molar-refractivity contribution is 0.660. The molecule has 0 aromatic heterocycles. The average Bonchev–Trinajstić information content (AvgIpc) is 3.50. The summed E-state index contributed by atoms with van der Waals surface area (Å²) in [6.45, 7) is 4.70. The van der Waals surface area contributed by atoms with Crippen molar-refractivity contribution in [1.29, 1.82) is 0 Å². The lowest BCUT2D eigenvalue weighted by Crippen LogP contribution is -2.14. The zero-order chi connectivity index (χ0) is 37.8. The van der Waals surface area contributed by atoms with Gasteiger partial charge in [-0.1, -0.05) is 172 Å². The highest BCUT2D eigenvalue weighted by Gasteiger charge is 2.35. The van der Waals surface area contributed by atoms with Crippen molar-refractivity contribution in [2.45, 2.75) is 19.3 Å². The van der Waals surface area contributed by atoms with E-state index >= 15 is 0 Å². The van der Waals surface area contributed by atoms with E-state index in [1.807, 2.05) is 0 Å². The number of fused-ring (bicyclic) bond motifs is 13. The molecule has 0 N–H and O–H groups in total. The molecule has 0 bridgehead atoms. The first-order valence-corrected chi connectivity index (χ1v) is 20.1. The van der Waals surface area contributed by atoms with Crippen LogP contribution in [0, 0.1) is 0 Å². The van der Waals surface area contributed by atoms with Gasteiger partial charge in [-0.15, -0.1) is 0 Å². The Morgan fingerprint density at radius 3 is 1.28 bits per heavy atom. The second kappa shape index (κ2) is 12.0. The molecule has 0 fully saturated rings. The standard InChI is InChI=1S/C57H38/c1-57(2)54-18-10-9-15-48(54)49-28-27-42(33-55(49)57)40-23-21-36-29-35(19-20-38(36)31-40)37-22-24-41-32-43(26-25-39(41)30-37)52-34-53-46-13-4-3-11-44(46)45-12-5-7-16-50(45)56(53)51-17-8-6-14-47(51)52/h3-34H,1-2H3. The van der Waals surface area contributed by atoms with Gasteiger partial charge in [-0.05, 0) is 157 Å². The number of benzene rings is 11. The van der Waals surface area contributed by atoms with Crippen molar-refractivity contribution in [3.63, 3.8) is 0 Å². The predicted molar refractivity (Wildman–Crippen MR) is 245 cm³/mol. The van der Waals surface area contributed by atoms with Crippen LogP contribution in [-0.2, 0) is 5.41 Å². The summed E-state index contributed by atoms with van der Waals surface area (Å²) < 4.78 is 0. The van der Waals surface area contributed by atoms with Gasteiger partial charge in [0, 0.05) is 5.41 Å². The summed E-state index contributed by atoms with van der Waals surface area (Å²) in [4.78, 5) is 0. The van der Waals surface area contributed by atoms with Gasteiger partial charge in [0.1, 0.15) is 0 Å². The minimum absolute atomic E-state index is 0.00894. The van der Waals surface area contributed by atoms with E-state index in [1.54, 1.807) is 0 Å². The molecule has 0 unspecified atom stereocenters. The Hall–Kier alpha value is -7.02. The van der Waals surface area contributed by atoms with Crippen LogP contribution in [0.4, 0.5) is 0 Å². The molecule has 0 saturated carbocycles. The molecule has 11 aromatic rings. The van der Waals surface area contributed by atoms with Gasteiger partial charge in [0.15, 0.2) is 0 Å². The molecule has 0 saturated heterocycles. The monoisotopic (exact) mass is 722 g/mol. The fourth-order valence-corrected chi connectivity index (χ4v) is 10.1. The lowest BCUT2D eigenvalue weighted by Gasteiger charge is -2.22. The molecule has 1 aliphatic carbocycles. The Bertz CT molecular complexity index is 3490. The average molecular weight is 723 g/mol. The Kier molecular flexibility index (Phi) is 6.78. The Balaban J connectivity index is 0.910. The summed E-state index contributed by atoms with van der Waals surface area (Å²) in [5, 5.41) is 15.4. The van der Waals surface area contributed by atoms with Crippen LogP contribution in [0.3, 0.4) is 0 Å². The SMILES string of the molecule is CC1(C)c2ccccc2-c2ccc(-c3ccc4cc(-c5ccc6cc(-c7cc8c9ccccc9c9ccccc9c8c8ccccc78)ccc6c5)ccc4c3)cc21. The van der Waals surface area contributed by atoms with Crippen molar-refractivity contribution in [3.05, 3.63) is 205 Å². The normalized spacial score (nSPS) is 13.2. The maximum absolute atomic E-state index is 2.44. The molecule has 0 atom stereocenters. The minimum atomic E-state index is -0.00894. The van der Waals surface area contributed by atoms with Crippen LogP contribution >= 0.6 is 0 Å². The van der Waals surface area contributed by atoms with Gasteiger partial charge in [0.05, 0.1) is 0 Å². The van der Waals surface area contributed by atoms with Gasteiger partial charge in [-0.3, -0.25) is 0 Å². The molecular formula is C57H38. The zero-order valence-electron chi connectivity index (χ0n) is 32.0. The Morgan fingerprint density at radius 1 is 0.263 bits per heavy atom. The van der Waals surface area contributed by atoms with Gasteiger partial charge in [-0.2, -0.15) is 0 Å². The van der Waals surface area contributed by atoms with E-state index in [1.165, 1.54) is 120 Å². The quantitative estimate of drug-likeness (QED) is 0.159. The largest absolute Gasteiger partial charge is 0.0619 e. The maximum Gasteiger partial charge on any atom is 0.0159 e. The number of hydrogen-bond donors (Lipinski definition) is 0. The fourth-order valence-electron chi connectivity index (χ4n) is 10.1. The highest BCUT2D eigenvalue weighted by atomic mass is 14.4. The van der Waals surface area contributed by atoms with Crippen LogP contribution in [0.25, 0.3) is 109 Å². The lowest BCUT2D eigenvalue weighted by atomic mass is 9.81. The molecule has 0 nitrogen and oxygen atoms in total. The van der Waals surface area contributed by atoms with E-state index in [2.05, 4.69) is 208 Å². The van der Waals surface area contributed by atoms with Crippen LogP contribution in [0.2, 0.25) is 0 Å². The summed E-state index contributed by atoms with van der Waals surface area (Å²) in [6, 6.07) is 72.7. The summed E-state index contributed by atoms with van der Waals surface area (Å²) >= 11 is 0. The Morgan fingerprint density at radius 2 is 0.667 bits per heavy atom.